The van der Waals surface area contributed by atoms with Gasteiger partial charge in [0.25, 0.3) is 0 Å². The summed E-state index contributed by atoms with van der Waals surface area (Å²) in [4.78, 5) is 6.50. The topological polar surface area (TPSA) is 155 Å². The molecule has 0 aromatic heterocycles. The molecular formula is C45H71N3O11. The highest BCUT2D eigenvalue weighted by Crippen LogP contribution is 2.42. The molecule has 0 saturated heterocycles. The van der Waals surface area contributed by atoms with Crippen molar-refractivity contribution in [2.24, 2.45) is 0 Å². The van der Waals surface area contributed by atoms with Crippen molar-refractivity contribution in [2.45, 2.75) is 25.4 Å². The van der Waals surface area contributed by atoms with Crippen LogP contribution in [0, 0.1) is 0 Å². The van der Waals surface area contributed by atoms with Gasteiger partial charge in [0.2, 0.25) is 0 Å². The maximum absolute atomic E-state index is 9.26. The number of nitrogens with zero attached hydrogens (tertiary/aromatic N) is 3. The Hall–Kier alpha value is -3.38. The van der Waals surface area contributed by atoms with E-state index in [1.807, 2.05) is 14.1 Å². The molecule has 0 aliphatic heterocycles. The molecular weight excluding hydrogens is 759 g/mol. The Morgan fingerprint density at radius 3 is 1.02 bits per heavy atom. The van der Waals surface area contributed by atoms with Gasteiger partial charge in [-0.15, -0.1) is 0 Å². The molecule has 0 amide bonds. The zero-order valence-corrected chi connectivity index (χ0v) is 35.7. The number of rotatable bonds is 36. The largest absolute Gasteiger partial charge is 0.394 e. The van der Waals surface area contributed by atoms with Crippen molar-refractivity contribution in [1.29, 1.82) is 0 Å². The number of benzene rings is 3. The number of ether oxygens (including phenoxy) is 7. The van der Waals surface area contributed by atoms with Crippen molar-refractivity contribution in [1.82, 2.24) is 0 Å². The van der Waals surface area contributed by atoms with E-state index in [4.69, 9.17) is 43.4 Å². The lowest BCUT2D eigenvalue weighted by Crippen LogP contribution is -2.35. The van der Waals surface area contributed by atoms with E-state index in [1.54, 1.807) is 0 Å². The molecule has 0 heterocycles. The van der Waals surface area contributed by atoms with Crippen LogP contribution >= 0.6 is 0 Å². The van der Waals surface area contributed by atoms with E-state index in [9.17, 15) is 10.2 Å². The Morgan fingerprint density at radius 1 is 0.407 bits per heavy atom. The maximum atomic E-state index is 9.26. The lowest BCUT2D eigenvalue weighted by Gasteiger charge is -2.37. The number of aliphatic hydroxyl groups excluding tert-OH is 4. The predicted octanol–water partition coefficient (Wildman–Crippen LogP) is 3.54. The molecule has 59 heavy (non-hydrogen) atoms. The third-order valence-electron chi connectivity index (χ3n) is 9.59. The Labute approximate surface area is 352 Å². The molecule has 0 saturated carbocycles. The molecule has 0 atom stereocenters. The zero-order chi connectivity index (χ0) is 42.4. The van der Waals surface area contributed by atoms with Gasteiger partial charge >= 0.3 is 0 Å². The van der Waals surface area contributed by atoms with Crippen LogP contribution in [0.1, 0.15) is 36.5 Å². The number of hydrogen-bond acceptors (Lipinski definition) is 14. The smallest absolute Gasteiger partial charge is 0.143 e. The highest BCUT2D eigenvalue weighted by atomic mass is 16.5. The van der Waals surface area contributed by atoms with Gasteiger partial charge in [-0.2, -0.15) is 0 Å². The molecule has 332 valence electrons. The fraction of sp³-hybridized carbons (Fsp3) is 0.600. The van der Waals surface area contributed by atoms with Crippen LogP contribution in [-0.4, -0.2) is 173 Å². The normalized spacial score (nSPS) is 11.6. The van der Waals surface area contributed by atoms with Crippen molar-refractivity contribution in [2.75, 3.05) is 167 Å². The predicted molar refractivity (Wildman–Crippen MR) is 232 cm³/mol. The summed E-state index contributed by atoms with van der Waals surface area (Å²) in [6.45, 7) is 9.78. The van der Waals surface area contributed by atoms with Crippen LogP contribution in [-0.2, 0) is 38.8 Å². The molecule has 0 aliphatic rings. The number of anilines is 3. The summed E-state index contributed by atoms with van der Waals surface area (Å²) in [5.41, 5.74) is 5.15. The fourth-order valence-electron chi connectivity index (χ4n) is 6.47. The number of unbranched alkanes of at least 4 members (excludes halogenated alkanes) is 1. The second-order valence-electron chi connectivity index (χ2n) is 14.0. The van der Waals surface area contributed by atoms with E-state index in [0.29, 0.717) is 85.6 Å². The molecule has 14 nitrogen and oxygen atoms in total. The van der Waals surface area contributed by atoms with Crippen LogP contribution < -0.4 is 14.7 Å². The van der Waals surface area contributed by atoms with Gasteiger partial charge in [0, 0.05) is 63.9 Å². The molecule has 0 unspecified atom stereocenters. The van der Waals surface area contributed by atoms with E-state index in [-0.39, 0.29) is 52.9 Å². The highest BCUT2D eigenvalue weighted by Gasteiger charge is 2.38. The zero-order valence-electron chi connectivity index (χ0n) is 35.7. The number of hydrogen-bond donors (Lipinski definition) is 4. The first kappa shape index (κ1) is 50.0. The van der Waals surface area contributed by atoms with E-state index in [0.717, 1.165) is 46.6 Å². The Bertz CT molecular complexity index is 1370. The summed E-state index contributed by atoms with van der Waals surface area (Å²) in [5, 5.41) is 36.5. The van der Waals surface area contributed by atoms with Crippen LogP contribution in [0.3, 0.4) is 0 Å². The third-order valence-corrected chi connectivity index (χ3v) is 9.59. The average molecular weight is 830 g/mol. The molecule has 0 spiro atoms. The third kappa shape index (κ3) is 17.6. The quantitative estimate of drug-likeness (QED) is 0.0499. The lowest BCUT2D eigenvalue weighted by atomic mass is 9.79. The molecule has 3 rings (SSSR count). The van der Waals surface area contributed by atoms with Gasteiger partial charge in [-0.3, -0.25) is 0 Å². The first-order valence-corrected chi connectivity index (χ1v) is 21.0. The van der Waals surface area contributed by atoms with Gasteiger partial charge in [0.15, 0.2) is 0 Å². The van der Waals surface area contributed by atoms with Gasteiger partial charge in [-0.1, -0.05) is 49.7 Å². The molecule has 0 aliphatic carbocycles. The van der Waals surface area contributed by atoms with Gasteiger partial charge < -0.3 is 68.3 Å². The van der Waals surface area contributed by atoms with Crippen LogP contribution in [0.2, 0.25) is 0 Å². The second-order valence-corrected chi connectivity index (χ2v) is 14.0. The SMILES string of the molecule is CCCCOC(c1ccc(N(C)C)cc1)(c1ccc(N(CCOCCO)CCOCCOCCO)cc1)c1ccc(N(CCOCCO)CCOCCOCCO)cc1. The molecule has 4 N–H and O–H groups in total. The van der Waals surface area contributed by atoms with Gasteiger partial charge in [0.1, 0.15) is 5.60 Å². The minimum atomic E-state index is -0.934. The van der Waals surface area contributed by atoms with Crippen molar-refractivity contribution in [3.63, 3.8) is 0 Å². The van der Waals surface area contributed by atoms with Crippen LogP contribution in [0.25, 0.3) is 0 Å². The van der Waals surface area contributed by atoms with Crippen LogP contribution in [0.4, 0.5) is 17.1 Å². The first-order valence-electron chi connectivity index (χ1n) is 21.0. The van der Waals surface area contributed by atoms with E-state index >= 15 is 0 Å². The van der Waals surface area contributed by atoms with Crippen LogP contribution in [0.5, 0.6) is 0 Å². The van der Waals surface area contributed by atoms with Crippen molar-refractivity contribution in [3.05, 3.63) is 89.5 Å². The minimum absolute atomic E-state index is 0.0166. The lowest BCUT2D eigenvalue weighted by molar-refractivity contribution is 0.0113. The summed E-state index contributed by atoms with van der Waals surface area (Å²) >= 11 is 0. The second kappa shape index (κ2) is 30.6. The van der Waals surface area contributed by atoms with Crippen molar-refractivity contribution >= 4 is 17.1 Å². The Morgan fingerprint density at radius 2 is 0.712 bits per heavy atom. The molecule has 3 aromatic carbocycles. The molecule has 0 fully saturated rings. The summed E-state index contributed by atoms with van der Waals surface area (Å²) < 4.78 is 40.8. The van der Waals surface area contributed by atoms with Crippen molar-refractivity contribution < 1.29 is 53.6 Å². The summed E-state index contributed by atoms with van der Waals surface area (Å²) in [6.07, 6.45) is 1.88. The molecule has 0 bridgehead atoms. The average Bonchev–Trinajstić information content (AvgIpc) is 3.26. The Kier molecular flexibility index (Phi) is 25.9. The van der Waals surface area contributed by atoms with Gasteiger partial charge in [-0.05, 0) is 59.5 Å². The maximum Gasteiger partial charge on any atom is 0.143 e. The summed E-state index contributed by atoms with van der Waals surface area (Å²) in [5.74, 6) is 0. The first-order chi connectivity index (χ1) is 28.9. The van der Waals surface area contributed by atoms with E-state index in [2.05, 4.69) is 94.4 Å². The monoisotopic (exact) mass is 830 g/mol. The number of aliphatic hydroxyl groups is 4. The minimum Gasteiger partial charge on any atom is -0.394 e. The molecule has 14 heteroatoms. The molecule has 0 radical (unpaired) electrons. The highest BCUT2D eigenvalue weighted by molar-refractivity contribution is 5.58. The van der Waals surface area contributed by atoms with E-state index < -0.39 is 5.60 Å². The Balaban J connectivity index is 2.01. The van der Waals surface area contributed by atoms with E-state index in [1.165, 1.54) is 0 Å². The van der Waals surface area contributed by atoms with Crippen LogP contribution in [0.15, 0.2) is 72.8 Å². The molecule has 3 aromatic rings. The summed E-state index contributed by atoms with van der Waals surface area (Å²) in [6, 6.07) is 25.6. The summed E-state index contributed by atoms with van der Waals surface area (Å²) in [7, 11) is 4.07. The van der Waals surface area contributed by atoms with Gasteiger partial charge in [0.05, 0.1) is 106 Å². The van der Waals surface area contributed by atoms with Gasteiger partial charge in [-0.25, -0.2) is 0 Å². The standard InChI is InChI=1S/C45H71N3O11/c1-4-5-26-59-45(39-6-12-42(13-7-39)46(2)3,40-8-14-43(15-9-40)47(18-27-53-31-22-49)20-29-55-35-37-57-33-24-51)41-10-16-44(17-11-41)48(19-28-54-32-23-50)21-30-56-36-38-58-34-25-52/h6-17,49-52H,4-5,18-38H2,1-3H3. The fourth-order valence-corrected chi connectivity index (χ4v) is 6.47. The van der Waals surface area contributed by atoms with Crippen molar-refractivity contribution in [3.8, 4) is 0 Å².